The number of fused-ring (bicyclic) bond motifs is 1. The summed E-state index contributed by atoms with van der Waals surface area (Å²) in [7, 11) is 0. The van der Waals surface area contributed by atoms with Crippen molar-refractivity contribution >= 4 is 11.0 Å². The third kappa shape index (κ3) is 161. The zero-order valence-corrected chi connectivity index (χ0v) is 27.4. The molecule has 0 aliphatic rings. The van der Waals surface area contributed by atoms with Crippen LogP contribution in [0.1, 0.15) is 0 Å². The average molecular weight is 826 g/mol. The molecule has 0 radical (unpaired) electrons. The van der Waals surface area contributed by atoms with Gasteiger partial charge in [0, 0.05) is 0 Å². The molecule has 0 unspecified atom stereocenters. The van der Waals surface area contributed by atoms with Crippen molar-refractivity contribution in [1.82, 2.24) is 15.4 Å². The summed E-state index contributed by atoms with van der Waals surface area (Å²) in [4.78, 5) is 0. The maximum absolute atomic E-state index is 10.5. The molecule has 0 amide bonds. The van der Waals surface area contributed by atoms with Gasteiger partial charge in [-0.25, -0.2) is 0 Å². The summed E-state index contributed by atoms with van der Waals surface area (Å²) < 4.78 is 192. The quantitative estimate of drug-likeness (QED) is 0.0867. The van der Waals surface area contributed by atoms with Gasteiger partial charge in [-0.15, -0.1) is 5.10 Å². The van der Waals surface area contributed by atoms with E-state index in [9.17, 15) is 18.6 Å². The van der Waals surface area contributed by atoms with Crippen LogP contribution in [0.3, 0.4) is 0 Å². The Bertz CT molecular complexity index is 678. The fraction of sp³-hybridized carbons (Fsp3) is 0. The normalized spacial score (nSPS) is 11.6. The number of aromatic amines is 1. The zero-order chi connectivity index (χ0) is 33.1. The van der Waals surface area contributed by atoms with Gasteiger partial charge >= 0.3 is 195 Å². The Hall–Kier alpha value is 1.77. The minimum atomic E-state index is -5.50. The molecule has 0 spiro atoms. The van der Waals surface area contributed by atoms with Gasteiger partial charge in [0.2, 0.25) is 0 Å². The summed E-state index contributed by atoms with van der Waals surface area (Å²) in [5, 5.41) is 10.2. The molecule has 1 aromatic heterocycles. The van der Waals surface area contributed by atoms with Crippen molar-refractivity contribution in [1.29, 1.82) is 0 Å². The van der Waals surface area contributed by atoms with E-state index in [1.165, 1.54) is 0 Å². The second-order valence-electron chi connectivity index (χ2n) is 5.15. The maximum atomic E-state index is 10.5. The van der Waals surface area contributed by atoms with E-state index in [0.717, 1.165) is 11.0 Å². The summed E-state index contributed by atoms with van der Waals surface area (Å²) in [5.41, 5.74) is 1.90. The number of hydrogen-bond acceptors (Lipinski definition) is 20. The van der Waals surface area contributed by atoms with Crippen molar-refractivity contribution in [2.24, 2.45) is 0 Å². The first-order valence-corrected chi connectivity index (χ1v) is 24.0. The molecule has 1 aromatic carbocycles. The number of hydrogen-bond donors (Lipinski definition) is 19. The van der Waals surface area contributed by atoms with E-state index in [4.69, 9.17) is 66.4 Å². The molecule has 21 nitrogen and oxygen atoms in total. The van der Waals surface area contributed by atoms with Crippen LogP contribution in [0.25, 0.3) is 11.0 Å². The maximum Gasteiger partial charge on any atom is 0.112 e. The van der Waals surface area contributed by atoms with Crippen LogP contribution in [-0.4, -0.2) is 81.8 Å². The molecule has 0 saturated heterocycles. The van der Waals surface area contributed by atoms with Crippen molar-refractivity contribution in [2.75, 3.05) is 0 Å². The van der Waals surface area contributed by atoms with E-state index in [1.54, 1.807) is 0 Å². The smallest absolute Gasteiger partial charge is 0.112 e. The third-order valence-corrected chi connectivity index (χ3v) is 1.23. The fourth-order valence-electron chi connectivity index (χ4n) is 0.788. The summed E-state index contributed by atoms with van der Waals surface area (Å²) in [5.74, 6) is 0. The number of H-pyrrole nitrogens is 1. The van der Waals surface area contributed by atoms with Gasteiger partial charge in [-0.05, 0) is 12.1 Å². The minimum Gasteiger partial charge on any atom is -0.258 e. The molecule has 0 bridgehead atoms. The Morgan fingerprint density at radius 3 is 0.846 bits per heavy atom. The van der Waals surface area contributed by atoms with Gasteiger partial charge in [-0.3, -0.25) is 5.10 Å². The summed E-state index contributed by atoms with van der Waals surface area (Å²) >= 11 is -33.0. The number of benzene rings is 1. The van der Waals surface area contributed by atoms with Crippen molar-refractivity contribution in [2.45, 2.75) is 0 Å². The molecule has 33 heteroatoms. The Morgan fingerprint density at radius 2 is 0.641 bits per heavy atom. The average Bonchev–Trinajstić information content (AvgIpc) is 2.92. The Balaban J connectivity index is -0.000000118. The number of rotatable bonds is 0. The Morgan fingerprint density at radius 1 is 0.436 bits per heavy atom. The molecule has 1 heterocycles. The van der Waals surface area contributed by atoms with E-state index >= 15 is 0 Å². The molecule has 0 fully saturated rings. The number of nitrogens with zero attached hydrogens (tertiary/aromatic N) is 2. The van der Waals surface area contributed by atoms with Crippen LogP contribution >= 0.6 is 0 Å². The minimum absolute atomic E-state index is 0.914. The second kappa shape index (κ2) is 23.2. The van der Waals surface area contributed by atoms with Crippen LogP contribution in [0, 0.1) is 0 Å². The number of nitrogens with one attached hydrogen (secondary N) is 1. The van der Waals surface area contributed by atoms with Crippen LogP contribution in [0.4, 0.5) is 18.6 Å². The van der Waals surface area contributed by atoms with Crippen LogP contribution in [0.15, 0.2) is 24.3 Å². The number of aromatic nitrogens is 3. The first-order chi connectivity index (χ1) is 16.5. The molecular weight excluding hydrogens is 803 g/mol. The van der Waals surface area contributed by atoms with Gasteiger partial charge in [0.25, 0.3) is 0 Å². The number of halogens is 6. The fourth-order valence-corrected chi connectivity index (χ4v) is 0.788. The molecule has 2 rings (SSSR count). The molecule has 0 saturated carbocycles. The van der Waals surface area contributed by atoms with Crippen molar-refractivity contribution < 1.29 is 195 Å². The van der Waals surface area contributed by atoms with Gasteiger partial charge in [0.15, 0.2) is 0 Å². The topological polar surface area (TPSA) is 406 Å². The van der Waals surface area contributed by atoms with Crippen molar-refractivity contribution in [3.8, 4) is 0 Å². The van der Waals surface area contributed by atoms with E-state index in [-0.39, 0.29) is 0 Å². The van der Waals surface area contributed by atoms with Crippen LogP contribution in [0.2, 0.25) is 0 Å². The predicted molar refractivity (Wildman–Crippen MR) is 80.5 cm³/mol. The predicted octanol–water partition coefficient (Wildman–Crippen LogP) is -6.56. The van der Waals surface area contributed by atoms with Gasteiger partial charge < -0.3 is 0 Å². The standard InChI is InChI=1S/C6H5N3.6FH.18H2O.6Ti/c1-2-4-6-5(3-1)7-9-8-6;;;;;;;;;;;;;;;;;;;;;;;;;;;;;;/h1-4H,(H,7,8,9);6*1H;18*1H2;;;;;;/q;;;;;;;;;;;;;;;;;;;;;;;;;6*+4/p-24. The molecule has 0 aliphatic carbocycles. The van der Waals surface area contributed by atoms with E-state index in [1.807, 2.05) is 24.3 Å². The molecule has 19 N–H and O–H groups in total. The molecule has 236 valence electrons. The van der Waals surface area contributed by atoms with E-state index in [0.29, 0.717) is 0 Å². The molecule has 39 heavy (non-hydrogen) atoms. The monoisotopic (exact) mass is 827 g/mol. The first-order valence-electron chi connectivity index (χ1n) is 7.88. The first kappa shape index (κ1) is 50.4. The zero-order valence-electron chi connectivity index (χ0n) is 18.0. The third-order valence-electron chi connectivity index (χ3n) is 1.23. The van der Waals surface area contributed by atoms with Gasteiger partial charge in [0.05, 0.1) is 5.52 Å². The van der Waals surface area contributed by atoms with Crippen molar-refractivity contribution in [3.63, 3.8) is 0 Å². The largest absolute Gasteiger partial charge is 0.258 e. The summed E-state index contributed by atoms with van der Waals surface area (Å²) in [6, 6.07) is 7.74. The number of para-hydroxylation sites is 1. The van der Waals surface area contributed by atoms with E-state index in [2.05, 4.69) is 15.4 Å². The SMILES string of the molecule is [OH][Ti]([OH])([OH])[F].[OH][Ti]([OH])([OH])[F].[OH][Ti]([OH])([OH])[F].[OH][Ti]([OH])([OH])[F].[OH][Ti]([OH])([OH])[F].[OH][Ti]([OH])([OH])[F].c1ccc2[nH]nnc2c1. The van der Waals surface area contributed by atoms with Crippen molar-refractivity contribution in [3.05, 3.63) is 24.3 Å². The van der Waals surface area contributed by atoms with E-state index < -0.39 is 110 Å². The Labute approximate surface area is 242 Å². The van der Waals surface area contributed by atoms with Crippen LogP contribution in [-0.2, 0) is 110 Å². The molecule has 0 aliphatic heterocycles. The van der Waals surface area contributed by atoms with Crippen LogP contribution < -0.4 is 0 Å². The molecule has 0 atom stereocenters. The van der Waals surface area contributed by atoms with Crippen LogP contribution in [0.5, 0.6) is 0 Å². The Kier molecular flexibility index (Phi) is 30.0. The van der Waals surface area contributed by atoms with Gasteiger partial charge in [0.1, 0.15) is 5.52 Å². The van der Waals surface area contributed by atoms with Gasteiger partial charge in [-0.2, -0.15) is 0 Å². The summed E-state index contributed by atoms with van der Waals surface area (Å²) in [6.45, 7) is 0. The molecule has 2 aromatic rings. The second-order valence-corrected chi connectivity index (χ2v) is 15.5. The summed E-state index contributed by atoms with van der Waals surface area (Å²) in [6.07, 6.45) is 0. The molecular formula is C6H23F6N3O18Ti6. The van der Waals surface area contributed by atoms with Gasteiger partial charge in [-0.1, -0.05) is 17.3 Å².